The highest BCUT2D eigenvalue weighted by atomic mass is 16.6. The summed E-state index contributed by atoms with van der Waals surface area (Å²) in [6.45, 7) is 8.88. The quantitative estimate of drug-likeness (QED) is 0.0359. The summed E-state index contributed by atoms with van der Waals surface area (Å²) in [6.07, 6.45) is 36.8. The van der Waals surface area contributed by atoms with Crippen LogP contribution in [0.2, 0.25) is 0 Å². The molecule has 0 aliphatic carbocycles. The lowest BCUT2D eigenvalue weighted by Crippen LogP contribution is -2.30. The lowest BCUT2D eigenvalue weighted by Gasteiger charge is -2.18. The fraction of sp³-hybridized carbons (Fsp3) is 0.932. The van der Waals surface area contributed by atoms with Crippen LogP contribution in [0.15, 0.2) is 0 Å². The van der Waals surface area contributed by atoms with Crippen LogP contribution in [0.1, 0.15) is 240 Å². The van der Waals surface area contributed by atoms with Crippen molar-refractivity contribution in [3.8, 4) is 0 Å². The maximum atomic E-state index is 12.6. The Morgan fingerprint density at radius 3 is 0.980 bits per heavy atom. The average molecular weight is 709 g/mol. The van der Waals surface area contributed by atoms with E-state index in [-0.39, 0.29) is 31.1 Å². The third kappa shape index (κ3) is 37.7. The molecule has 50 heavy (non-hydrogen) atoms. The van der Waals surface area contributed by atoms with Gasteiger partial charge in [-0.2, -0.15) is 0 Å². The van der Waals surface area contributed by atoms with Gasteiger partial charge in [-0.15, -0.1) is 0 Å². The maximum Gasteiger partial charge on any atom is 0.306 e. The normalized spacial score (nSPS) is 11.9. The first-order valence-corrected chi connectivity index (χ1v) is 21.9. The van der Waals surface area contributed by atoms with Crippen molar-refractivity contribution < 1.29 is 28.6 Å². The number of carbonyl (C=O) groups excluding carboxylic acids is 3. The molecule has 0 fully saturated rings. The van der Waals surface area contributed by atoms with Crippen LogP contribution in [0.3, 0.4) is 0 Å². The van der Waals surface area contributed by atoms with Crippen LogP contribution in [0.5, 0.6) is 0 Å². The van der Waals surface area contributed by atoms with Crippen LogP contribution >= 0.6 is 0 Å². The lowest BCUT2D eigenvalue weighted by atomic mass is 10.0. The van der Waals surface area contributed by atoms with Gasteiger partial charge < -0.3 is 14.2 Å². The van der Waals surface area contributed by atoms with Crippen LogP contribution in [0, 0.1) is 5.92 Å². The molecular weight excluding hydrogens is 624 g/mol. The summed E-state index contributed by atoms with van der Waals surface area (Å²) in [6, 6.07) is 0. The zero-order valence-corrected chi connectivity index (χ0v) is 33.9. The number of hydrogen-bond donors (Lipinski definition) is 0. The highest BCUT2D eigenvalue weighted by molar-refractivity contribution is 5.71. The van der Waals surface area contributed by atoms with Crippen molar-refractivity contribution in [2.24, 2.45) is 5.92 Å². The Balaban J connectivity index is 4.21. The Bertz CT molecular complexity index is 751. The third-order valence-electron chi connectivity index (χ3n) is 9.79. The summed E-state index contributed by atoms with van der Waals surface area (Å²) in [4.78, 5) is 37.4. The van der Waals surface area contributed by atoms with Crippen molar-refractivity contribution in [1.82, 2.24) is 0 Å². The van der Waals surface area contributed by atoms with Crippen LogP contribution in [0.25, 0.3) is 0 Å². The number of rotatable bonds is 39. The first kappa shape index (κ1) is 48.4. The minimum Gasteiger partial charge on any atom is -0.462 e. The van der Waals surface area contributed by atoms with E-state index in [4.69, 9.17) is 14.2 Å². The topological polar surface area (TPSA) is 78.9 Å². The molecule has 0 aromatic carbocycles. The van der Waals surface area contributed by atoms with Gasteiger partial charge in [0.2, 0.25) is 0 Å². The van der Waals surface area contributed by atoms with Crippen LogP contribution in [0.4, 0.5) is 0 Å². The van der Waals surface area contributed by atoms with Gasteiger partial charge in [0.25, 0.3) is 0 Å². The lowest BCUT2D eigenvalue weighted by molar-refractivity contribution is -0.167. The van der Waals surface area contributed by atoms with Crippen LogP contribution in [-0.2, 0) is 28.6 Å². The highest BCUT2D eigenvalue weighted by Crippen LogP contribution is 2.16. The summed E-state index contributed by atoms with van der Waals surface area (Å²) in [7, 11) is 0. The zero-order chi connectivity index (χ0) is 36.8. The van der Waals surface area contributed by atoms with Crippen molar-refractivity contribution in [2.75, 3.05) is 13.2 Å². The molecule has 0 N–H and O–H groups in total. The molecule has 0 amide bonds. The van der Waals surface area contributed by atoms with E-state index in [1.807, 2.05) is 0 Å². The summed E-state index contributed by atoms with van der Waals surface area (Å²) >= 11 is 0. The molecule has 0 saturated heterocycles. The monoisotopic (exact) mass is 709 g/mol. The minimum absolute atomic E-state index is 0.0655. The van der Waals surface area contributed by atoms with Gasteiger partial charge >= 0.3 is 17.9 Å². The van der Waals surface area contributed by atoms with Gasteiger partial charge in [0.1, 0.15) is 13.2 Å². The maximum absolute atomic E-state index is 12.6. The fourth-order valence-corrected chi connectivity index (χ4v) is 6.45. The number of ether oxygens (including phenoxy) is 3. The first-order chi connectivity index (χ1) is 24.4. The SMILES string of the molecule is CCCCCCCCCCCCCCCCCCC(=O)OC[C@@H](COC(=O)CCCCCCCCC)OC(=O)CCCCCCCCC(C)C. The van der Waals surface area contributed by atoms with Crippen LogP contribution < -0.4 is 0 Å². The minimum atomic E-state index is -0.758. The standard InChI is InChI=1S/C44H84O6/c1-5-7-9-11-13-14-15-16-17-18-19-20-21-23-28-32-36-43(46)49-39-41(38-48-42(45)35-31-27-22-12-10-8-6-2)50-44(47)37-33-29-25-24-26-30-34-40(3)4/h40-41H,5-39H2,1-4H3/t41-/m1/s1. The van der Waals surface area contributed by atoms with E-state index in [0.717, 1.165) is 63.7 Å². The molecule has 0 spiro atoms. The summed E-state index contributed by atoms with van der Waals surface area (Å²) in [5, 5.41) is 0. The van der Waals surface area contributed by atoms with E-state index in [1.165, 1.54) is 135 Å². The fourth-order valence-electron chi connectivity index (χ4n) is 6.45. The van der Waals surface area contributed by atoms with Gasteiger partial charge in [0.05, 0.1) is 0 Å². The van der Waals surface area contributed by atoms with Crippen molar-refractivity contribution >= 4 is 17.9 Å². The van der Waals surface area contributed by atoms with E-state index in [0.29, 0.717) is 19.3 Å². The molecule has 0 radical (unpaired) electrons. The van der Waals surface area contributed by atoms with Crippen molar-refractivity contribution in [2.45, 2.75) is 246 Å². The molecule has 296 valence electrons. The summed E-state index contributed by atoms with van der Waals surface area (Å²) in [5.74, 6) is -0.109. The Labute approximate surface area is 310 Å². The number of unbranched alkanes of at least 4 members (excludes halogenated alkanes) is 26. The average Bonchev–Trinajstić information content (AvgIpc) is 3.09. The molecule has 0 aromatic rings. The second-order valence-corrected chi connectivity index (χ2v) is 15.5. The number of hydrogen-bond acceptors (Lipinski definition) is 6. The van der Waals surface area contributed by atoms with Crippen molar-refractivity contribution in [1.29, 1.82) is 0 Å². The molecule has 0 aliphatic rings. The van der Waals surface area contributed by atoms with Gasteiger partial charge in [-0.25, -0.2) is 0 Å². The van der Waals surface area contributed by atoms with E-state index in [2.05, 4.69) is 27.7 Å². The number of carbonyl (C=O) groups is 3. The molecular formula is C44H84O6. The summed E-state index contributed by atoms with van der Waals surface area (Å²) < 4.78 is 16.6. The molecule has 0 saturated carbocycles. The number of esters is 3. The predicted octanol–water partition coefficient (Wildman–Crippen LogP) is 13.6. The zero-order valence-electron chi connectivity index (χ0n) is 33.9. The third-order valence-corrected chi connectivity index (χ3v) is 9.79. The van der Waals surface area contributed by atoms with Gasteiger partial charge in [-0.1, -0.05) is 201 Å². The predicted molar refractivity (Wildman–Crippen MR) is 210 cm³/mol. The van der Waals surface area contributed by atoms with E-state index in [9.17, 15) is 14.4 Å². The van der Waals surface area contributed by atoms with Gasteiger partial charge in [-0.3, -0.25) is 14.4 Å². The van der Waals surface area contributed by atoms with Gasteiger partial charge in [0, 0.05) is 19.3 Å². The first-order valence-electron chi connectivity index (χ1n) is 21.9. The Morgan fingerprint density at radius 2 is 0.660 bits per heavy atom. The summed E-state index contributed by atoms with van der Waals surface area (Å²) in [5.41, 5.74) is 0. The molecule has 0 rings (SSSR count). The molecule has 0 aromatic heterocycles. The Hall–Kier alpha value is -1.59. The highest BCUT2D eigenvalue weighted by Gasteiger charge is 2.19. The second kappa shape index (κ2) is 38.6. The smallest absolute Gasteiger partial charge is 0.306 e. The molecule has 6 heteroatoms. The molecule has 1 atom stereocenters. The van der Waals surface area contributed by atoms with E-state index in [1.54, 1.807) is 0 Å². The molecule has 6 nitrogen and oxygen atoms in total. The van der Waals surface area contributed by atoms with Crippen molar-refractivity contribution in [3.05, 3.63) is 0 Å². The van der Waals surface area contributed by atoms with Gasteiger partial charge in [-0.05, 0) is 25.2 Å². The Morgan fingerprint density at radius 1 is 0.380 bits per heavy atom. The largest absolute Gasteiger partial charge is 0.462 e. The van der Waals surface area contributed by atoms with Crippen molar-refractivity contribution in [3.63, 3.8) is 0 Å². The van der Waals surface area contributed by atoms with Gasteiger partial charge in [0.15, 0.2) is 6.10 Å². The van der Waals surface area contributed by atoms with E-state index >= 15 is 0 Å². The van der Waals surface area contributed by atoms with E-state index < -0.39 is 6.10 Å². The molecule has 0 unspecified atom stereocenters. The van der Waals surface area contributed by atoms with Crippen LogP contribution in [-0.4, -0.2) is 37.2 Å². The Kier molecular flexibility index (Phi) is 37.4. The molecule has 0 heterocycles. The molecule has 0 bridgehead atoms. The second-order valence-electron chi connectivity index (χ2n) is 15.5. The molecule has 0 aliphatic heterocycles.